The Labute approximate surface area is 181 Å². The van der Waals surface area contributed by atoms with Crippen LogP contribution in [0.2, 0.25) is 0 Å². The van der Waals surface area contributed by atoms with Crippen molar-refractivity contribution in [1.82, 2.24) is 0 Å². The number of hydrogen-bond acceptors (Lipinski definition) is 6. The molecular weight excluding hydrogens is 420 g/mol. The minimum atomic E-state index is -4.09. The number of Topliss-reactive ketones (excluding diaryl/α,β-unsaturated/α-hetero) is 1. The molecule has 0 saturated heterocycles. The summed E-state index contributed by atoms with van der Waals surface area (Å²) < 4.78 is 31.0. The quantitative estimate of drug-likeness (QED) is 0.542. The third-order valence-corrected chi connectivity index (χ3v) is 6.51. The zero-order valence-electron chi connectivity index (χ0n) is 17.7. The zero-order valence-corrected chi connectivity index (χ0v) is 18.5. The highest BCUT2D eigenvalue weighted by atomic mass is 32.2. The maximum Gasteiger partial charge on any atom is 0.242 e. The molecule has 2 N–H and O–H groups in total. The smallest absolute Gasteiger partial charge is 0.242 e. The number of nitrogens with one attached hydrogen (secondary N) is 2. The van der Waals surface area contributed by atoms with Crippen LogP contribution in [0.3, 0.4) is 0 Å². The van der Waals surface area contributed by atoms with E-state index < -0.39 is 32.7 Å². The zero-order chi connectivity index (χ0) is 23.0. The summed E-state index contributed by atoms with van der Waals surface area (Å²) in [6.45, 7) is 5.12. The number of sulfone groups is 1. The van der Waals surface area contributed by atoms with E-state index in [1.54, 1.807) is 56.3 Å². The molecule has 1 unspecified atom stereocenters. The molecule has 8 nitrogen and oxygen atoms in total. The highest BCUT2D eigenvalue weighted by Gasteiger charge is 2.33. The third-order valence-electron chi connectivity index (χ3n) is 4.43. The van der Waals surface area contributed by atoms with Crippen LogP contribution in [0.1, 0.15) is 37.6 Å². The second-order valence-corrected chi connectivity index (χ2v) is 8.99. The molecule has 2 amide bonds. The van der Waals surface area contributed by atoms with Gasteiger partial charge < -0.3 is 15.4 Å². The lowest BCUT2D eigenvalue weighted by molar-refractivity contribution is -0.115. The van der Waals surface area contributed by atoms with Crippen molar-refractivity contribution in [2.75, 3.05) is 23.0 Å². The van der Waals surface area contributed by atoms with Crippen LogP contribution in [0.4, 0.5) is 11.4 Å². The molecule has 2 rings (SSSR count). The Morgan fingerprint density at radius 1 is 1.00 bits per heavy atom. The van der Waals surface area contributed by atoms with E-state index in [1.807, 2.05) is 0 Å². The van der Waals surface area contributed by atoms with E-state index in [2.05, 4.69) is 10.6 Å². The average Bonchev–Trinajstić information content (AvgIpc) is 2.69. The first-order valence-corrected chi connectivity index (χ1v) is 11.5. The van der Waals surface area contributed by atoms with Gasteiger partial charge in [-0.05, 0) is 44.5 Å². The highest BCUT2D eigenvalue weighted by molar-refractivity contribution is 7.93. The van der Waals surface area contributed by atoms with Gasteiger partial charge in [-0.3, -0.25) is 14.4 Å². The number of hydrogen-bond donors (Lipinski definition) is 2. The van der Waals surface area contributed by atoms with Gasteiger partial charge in [0.1, 0.15) is 16.8 Å². The number of carbonyl (C=O) groups excluding carboxylic acids is 3. The molecule has 0 bridgehead atoms. The molecule has 2 aromatic carbocycles. The van der Waals surface area contributed by atoms with Gasteiger partial charge in [0.2, 0.25) is 11.8 Å². The summed E-state index contributed by atoms with van der Waals surface area (Å²) in [4.78, 5) is 36.5. The fraction of sp³-hybridized carbons (Fsp3) is 0.318. The predicted octanol–water partition coefficient (Wildman–Crippen LogP) is 3.06. The highest BCUT2D eigenvalue weighted by Crippen LogP contribution is 2.24. The normalized spacial score (nSPS) is 12.0. The third kappa shape index (κ3) is 6.65. The Kier molecular flexibility index (Phi) is 8.32. The van der Waals surface area contributed by atoms with E-state index in [0.29, 0.717) is 29.3 Å². The number of carbonyl (C=O) groups is 3. The Morgan fingerprint density at radius 3 is 2.35 bits per heavy atom. The van der Waals surface area contributed by atoms with E-state index in [0.717, 1.165) is 0 Å². The molecule has 2 aromatic rings. The van der Waals surface area contributed by atoms with Crippen molar-refractivity contribution in [2.24, 2.45) is 0 Å². The van der Waals surface area contributed by atoms with Gasteiger partial charge in [-0.2, -0.15) is 0 Å². The summed E-state index contributed by atoms with van der Waals surface area (Å²) in [5.74, 6) is -2.14. The minimum absolute atomic E-state index is 0.0105. The van der Waals surface area contributed by atoms with E-state index in [1.165, 1.54) is 13.0 Å². The summed E-state index contributed by atoms with van der Waals surface area (Å²) in [5, 5.41) is 3.63. The van der Waals surface area contributed by atoms with Crippen molar-refractivity contribution in [3.8, 4) is 5.75 Å². The summed E-state index contributed by atoms with van der Waals surface area (Å²) in [5.41, 5.74) is 1.05. The molecule has 0 aliphatic rings. The van der Waals surface area contributed by atoms with E-state index >= 15 is 0 Å². The molecule has 1 atom stereocenters. The minimum Gasteiger partial charge on any atom is -0.492 e. The van der Waals surface area contributed by atoms with Crippen molar-refractivity contribution < 1.29 is 27.5 Å². The number of ketones is 1. The lowest BCUT2D eigenvalue weighted by atomic mass is 10.1. The average molecular weight is 447 g/mol. The fourth-order valence-electron chi connectivity index (χ4n) is 2.96. The molecule has 0 aliphatic carbocycles. The number of benzene rings is 2. The van der Waals surface area contributed by atoms with Gasteiger partial charge >= 0.3 is 0 Å². The second-order valence-electron chi connectivity index (χ2n) is 6.81. The first-order chi connectivity index (χ1) is 14.7. The van der Waals surface area contributed by atoms with Gasteiger partial charge in [0, 0.05) is 11.3 Å². The van der Waals surface area contributed by atoms with Crippen LogP contribution in [-0.4, -0.2) is 43.6 Å². The Hall–Kier alpha value is -3.20. The maximum absolute atomic E-state index is 12.8. The first-order valence-electron chi connectivity index (χ1n) is 9.83. The van der Waals surface area contributed by atoms with Crippen molar-refractivity contribution in [1.29, 1.82) is 0 Å². The number of para-hydroxylation sites is 2. The van der Waals surface area contributed by atoms with Gasteiger partial charge in [-0.15, -0.1) is 0 Å². The summed E-state index contributed by atoms with van der Waals surface area (Å²) in [6, 6.07) is 12.9. The van der Waals surface area contributed by atoms with E-state index in [-0.39, 0.29) is 12.2 Å². The van der Waals surface area contributed by atoms with Crippen molar-refractivity contribution in [3.63, 3.8) is 0 Å². The number of ether oxygens (including phenoxy) is 1. The SMILES string of the molecule is CCOc1ccccc1NC(=O)CS(=O)(=O)C(CC)C(=O)Nc1cccc(C(C)=O)c1. The Bertz CT molecular complexity index is 1070. The van der Waals surface area contributed by atoms with Crippen LogP contribution in [0, 0.1) is 0 Å². The molecule has 0 saturated carbocycles. The molecule has 0 spiro atoms. The van der Waals surface area contributed by atoms with Crippen LogP contribution in [0.5, 0.6) is 5.75 Å². The number of anilines is 2. The maximum atomic E-state index is 12.8. The van der Waals surface area contributed by atoms with Crippen LogP contribution in [-0.2, 0) is 19.4 Å². The lowest BCUT2D eigenvalue weighted by Gasteiger charge is -2.17. The van der Waals surface area contributed by atoms with Gasteiger partial charge in [-0.25, -0.2) is 8.42 Å². The van der Waals surface area contributed by atoms with Gasteiger partial charge in [0.05, 0.1) is 12.3 Å². The Morgan fingerprint density at radius 2 is 1.71 bits per heavy atom. The second kappa shape index (κ2) is 10.7. The summed E-state index contributed by atoms with van der Waals surface area (Å²) >= 11 is 0. The van der Waals surface area contributed by atoms with Crippen molar-refractivity contribution >= 4 is 38.8 Å². The van der Waals surface area contributed by atoms with Gasteiger partial charge in [0.25, 0.3) is 0 Å². The molecule has 0 aromatic heterocycles. The summed E-state index contributed by atoms with van der Waals surface area (Å²) in [7, 11) is -4.09. The summed E-state index contributed by atoms with van der Waals surface area (Å²) in [6.07, 6.45) is -0.0105. The lowest BCUT2D eigenvalue weighted by Crippen LogP contribution is -2.39. The molecule has 0 aliphatic heterocycles. The molecule has 31 heavy (non-hydrogen) atoms. The number of amides is 2. The van der Waals surface area contributed by atoms with E-state index in [9.17, 15) is 22.8 Å². The predicted molar refractivity (Wildman–Crippen MR) is 119 cm³/mol. The van der Waals surface area contributed by atoms with E-state index in [4.69, 9.17) is 4.74 Å². The molecule has 0 radical (unpaired) electrons. The molecule has 0 heterocycles. The molecule has 0 fully saturated rings. The van der Waals surface area contributed by atoms with Crippen molar-refractivity contribution in [2.45, 2.75) is 32.4 Å². The monoisotopic (exact) mass is 446 g/mol. The van der Waals surface area contributed by atoms with Crippen LogP contribution >= 0.6 is 0 Å². The molecule has 9 heteroatoms. The van der Waals surface area contributed by atoms with Crippen LogP contribution < -0.4 is 15.4 Å². The standard InChI is InChI=1S/C22H26N2O6S/c1-4-20(22(27)23-17-10-8-9-16(13-17)15(3)25)31(28,29)14-21(26)24-18-11-6-7-12-19(18)30-5-2/h6-13,20H,4-5,14H2,1-3H3,(H,23,27)(H,24,26). The fourth-order valence-corrected chi connectivity index (χ4v) is 4.49. The Balaban J connectivity index is 2.11. The largest absolute Gasteiger partial charge is 0.492 e. The van der Waals surface area contributed by atoms with Gasteiger partial charge in [0.15, 0.2) is 15.6 Å². The molecule has 166 valence electrons. The van der Waals surface area contributed by atoms with Crippen molar-refractivity contribution in [3.05, 3.63) is 54.1 Å². The van der Waals surface area contributed by atoms with Crippen LogP contribution in [0.25, 0.3) is 0 Å². The number of rotatable bonds is 10. The topological polar surface area (TPSA) is 119 Å². The van der Waals surface area contributed by atoms with Gasteiger partial charge in [-0.1, -0.05) is 31.2 Å². The molecular formula is C22H26N2O6S. The first kappa shape index (κ1) is 24.1. The van der Waals surface area contributed by atoms with Crippen LogP contribution in [0.15, 0.2) is 48.5 Å².